The number of alkyl halides is 1. The van der Waals surface area contributed by atoms with Gasteiger partial charge in [-0.25, -0.2) is 0 Å². The van der Waals surface area contributed by atoms with Gasteiger partial charge in [-0.05, 0) is 6.92 Å². The van der Waals surface area contributed by atoms with Crippen molar-refractivity contribution in [1.29, 1.82) is 0 Å². The van der Waals surface area contributed by atoms with Crippen molar-refractivity contribution >= 4 is 11.6 Å². The van der Waals surface area contributed by atoms with E-state index in [4.69, 9.17) is 21.1 Å². The Balaban J connectivity index is 3.88. The lowest BCUT2D eigenvalue weighted by Crippen LogP contribution is -2.25. The fourth-order valence-corrected chi connectivity index (χ4v) is 0.773. The molecular weight excluding hydrogens is 152 g/mol. The maximum atomic E-state index is 5.83. The van der Waals surface area contributed by atoms with Crippen molar-refractivity contribution in [2.45, 2.75) is 18.6 Å². The van der Waals surface area contributed by atoms with Gasteiger partial charge >= 0.3 is 0 Å². The first kappa shape index (κ1) is 9.95. The number of halogens is 1. The van der Waals surface area contributed by atoms with Gasteiger partial charge in [0.05, 0.1) is 0 Å². The van der Waals surface area contributed by atoms with E-state index in [9.17, 15) is 0 Å². The molecule has 0 aromatic rings. The van der Waals surface area contributed by atoms with Crippen LogP contribution in [0.2, 0.25) is 0 Å². The Kier molecular flexibility index (Phi) is 4.69. The molecule has 0 amide bonds. The second-order valence-corrected chi connectivity index (χ2v) is 2.56. The zero-order valence-corrected chi connectivity index (χ0v) is 7.31. The van der Waals surface area contributed by atoms with Crippen molar-refractivity contribution < 1.29 is 9.47 Å². The Morgan fingerprint density at radius 2 is 1.80 bits per heavy atom. The molecule has 3 heteroatoms. The molecule has 0 fully saturated rings. The van der Waals surface area contributed by atoms with Gasteiger partial charge in [0.25, 0.3) is 0 Å². The summed E-state index contributed by atoms with van der Waals surface area (Å²) in [7, 11) is 3.10. The van der Waals surface area contributed by atoms with Gasteiger partial charge in [0.1, 0.15) is 5.38 Å². The van der Waals surface area contributed by atoms with E-state index in [1.807, 2.05) is 6.92 Å². The molecule has 2 nitrogen and oxygen atoms in total. The highest BCUT2D eigenvalue weighted by Crippen LogP contribution is 2.14. The van der Waals surface area contributed by atoms with Crippen molar-refractivity contribution in [2.75, 3.05) is 14.2 Å². The van der Waals surface area contributed by atoms with E-state index in [0.29, 0.717) is 0 Å². The molecule has 60 valence electrons. The average Bonchev–Trinajstić information content (AvgIpc) is 1.90. The molecule has 0 rings (SSSR count). The van der Waals surface area contributed by atoms with E-state index in [0.717, 1.165) is 5.57 Å². The summed E-state index contributed by atoms with van der Waals surface area (Å²) in [5.41, 5.74) is 0.843. The number of methoxy groups -OCH3 is 2. The van der Waals surface area contributed by atoms with Crippen LogP contribution in [-0.2, 0) is 9.47 Å². The van der Waals surface area contributed by atoms with Crippen LogP contribution in [0.4, 0.5) is 0 Å². The summed E-state index contributed by atoms with van der Waals surface area (Å²) in [4.78, 5) is 0. The largest absolute Gasteiger partial charge is 0.354 e. The lowest BCUT2D eigenvalue weighted by Gasteiger charge is -2.18. The van der Waals surface area contributed by atoms with Crippen molar-refractivity contribution in [2.24, 2.45) is 0 Å². The van der Waals surface area contributed by atoms with Crippen LogP contribution in [0.15, 0.2) is 12.2 Å². The normalized spacial score (nSPS) is 13.7. The van der Waals surface area contributed by atoms with Gasteiger partial charge in [-0.2, -0.15) is 0 Å². The molecule has 0 aliphatic rings. The summed E-state index contributed by atoms with van der Waals surface area (Å²) in [6.07, 6.45) is -0.390. The number of hydrogen-bond acceptors (Lipinski definition) is 2. The van der Waals surface area contributed by atoms with Gasteiger partial charge in [-0.3, -0.25) is 0 Å². The second-order valence-electron chi connectivity index (χ2n) is 2.09. The molecule has 10 heavy (non-hydrogen) atoms. The molecule has 1 atom stereocenters. The summed E-state index contributed by atoms with van der Waals surface area (Å²) in [5.74, 6) is 0. The Labute approximate surface area is 66.8 Å². The van der Waals surface area contributed by atoms with Crippen LogP contribution in [0, 0.1) is 0 Å². The molecule has 0 saturated carbocycles. The first-order valence-corrected chi connectivity index (χ1v) is 3.42. The quantitative estimate of drug-likeness (QED) is 0.358. The zero-order chi connectivity index (χ0) is 8.15. The average molecular weight is 165 g/mol. The number of ether oxygens (including phenoxy) is 2. The number of rotatable bonds is 4. The highest BCUT2D eigenvalue weighted by molar-refractivity contribution is 6.22. The predicted octanol–water partition coefficient (Wildman–Crippen LogP) is 1.79. The summed E-state index contributed by atoms with van der Waals surface area (Å²) in [6.45, 7) is 5.52. The minimum absolute atomic E-state index is 0.269. The molecule has 0 bridgehead atoms. The van der Waals surface area contributed by atoms with Gasteiger partial charge in [-0.15, -0.1) is 11.6 Å². The summed E-state index contributed by atoms with van der Waals surface area (Å²) >= 11 is 5.83. The molecular formula is C7H13ClO2. The van der Waals surface area contributed by atoms with Crippen molar-refractivity contribution in [3.63, 3.8) is 0 Å². The topological polar surface area (TPSA) is 18.5 Å². The zero-order valence-electron chi connectivity index (χ0n) is 6.56. The summed E-state index contributed by atoms with van der Waals surface area (Å²) < 4.78 is 9.82. The van der Waals surface area contributed by atoms with Gasteiger partial charge in [0, 0.05) is 14.2 Å². The Hall–Kier alpha value is -0.0500. The fourth-order valence-electron chi connectivity index (χ4n) is 0.567. The van der Waals surface area contributed by atoms with Gasteiger partial charge < -0.3 is 9.47 Å². The van der Waals surface area contributed by atoms with Gasteiger partial charge in [-0.1, -0.05) is 12.2 Å². The highest BCUT2D eigenvalue weighted by Gasteiger charge is 2.17. The first-order chi connectivity index (χ1) is 4.63. The minimum atomic E-state index is -0.390. The van der Waals surface area contributed by atoms with E-state index in [1.54, 1.807) is 14.2 Å². The van der Waals surface area contributed by atoms with Crippen LogP contribution >= 0.6 is 11.6 Å². The van der Waals surface area contributed by atoms with E-state index in [2.05, 4.69) is 6.58 Å². The third-order valence-electron chi connectivity index (χ3n) is 1.17. The molecule has 0 spiro atoms. The molecule has 0 radical (unpaired) electrons. The van der Waals surface area contributed by atoms with Gasteiger partial charge in [0.15, 0.2) is 6.29 Å². The van der Waals surface area contributed by atoms with Crippen LogP contribution in [0.1, 0.15) is 6.92 Å². The summed E-state index contributed by atoms with van der Waals surface area (Å²) in [5, 5.41) is -0.269. The van der Waals surface area contributed by atoms with E-state index in [1.165, 1.54) is 0 Å². The smallest absolute Gasteiger partial charge is 0.176 e. The standard InChI is InChI=1S/C7H13ClO2/c1-5(2)6(8)7(9-3)10-4/h6-7H,1H2,2-4H3. The monoisotopic (exact) mass is 164 g/mol. The third-order valence-corrected chi connectivity index (χ3v) is 1.75. The lowest BCUT2D eigenvalue weighted by atomic mass is 10.2. The molecule has 0 aromatic heterocycles. The number of hydrogen-bond donors (Lipinski definition) is 0. The van der Waals surface area contributed by atoms with Crippen LogP contribution in [0.3, 0.4) is 0 Å². The molecule has 1 unspecified atom stereocenters. The Bertz CT molecular complexity index is 110. The Morgan fingerprint density at radius 1 is 1.40 bits per heavy atom. The molecule has 0 heterocycles. The molecule has 0 aromatic carbocycles. The van der Waals surface area contributed by atoms with Gasteiger partial charge in [0.2, 0.25) is 0 Å². The highest BCUT2D eigenvalue weighted by atomic mass is 35.5. The van der Waals surface area contributed by atoms with Crippen molar-refractivity contribution in [3.8, 4) is 0 Å². The van der Waals surface area contributed by atoms with Crippen molar-refractivity contribution in [3.05, 3.63) is 12.2 Å². The molecule has 0 saturated heterocycles. The van der Waals surface area contributed by atoms with Crippen LogP contribution < -0.4 is 0 Å². The van der Waals surface area contributed by atoms with E-state index >= 15 is 0 Å². The van der Waals surface area contributed by atoms with Crippen LogP contribution in [0.25, 0.3) is 0 Å². The molecule has 0 N–H and O–H groups in total. The molecule has 0 aliphatic heterocycles. The second kappa shape index (κ2) is 4.72. The SMILES string of the molecule is C=C(C)C(Cl)C(OC)OC. The fraction of sp³-hybridized carbons (Fsp3) is 0.714. The maximum Gasteiger partial charge on any atom is 0.176 e. The van der Waals surface area contributed by atoms with Crippen LogP contribution in [-0.4, -0.2) is 25.9 Å². The predicted molar refractivity (Wildman–Crippen MR) is 42.3 cm³/mol. The summed E-state index contributed by atoms with van der Waals surface area (Å²) in [6, 6.07) is 0. The van der Waals surface area contributed by atoms with E-state index in [-0.39, 0.29) is 11.7 Å². The van der Waals surface area contributed by atoms with Crippen LogP contribution in [0.5, 0.6) is 0 Å². The lowest BCUT2D eigenvalue weighted by molar-refractivity contribution is -0.0975. The minimum Gasteiger partial charge on any atom is -0.354 e. The third kappa shape index (κ3) is 2.69. The van der Waals surface area contributed by atoms with E-state index < -0.39 is 0 Å². The van der Waals surface area contributed by atoms with Crippen molar-refractivity contribution in [1.82, 2.24) is 0 Å². The first-order valence-electron chi connectivity index (χ1n) is 2.98. The Morgan fingerprint density at radius 3 is 1.90 bits per heavy atom. The molecule has 0 aliphatic carbocycles. The maximum absolute atomic E-state index is 5.83.